The summed E-state index contributed by atoms with van der Waals surface area (Å²) < 4.78 is 6.57. The number of carbonyl (C=O) groups excluding carboxylic acids is 1. The van der Waals surface area contributed by atoms with Gasteiger partial charge in [0.25, 0.3) is 5.56 Å². The molecule has 24 heavy (non-hydrogen) atoms. The van der Waals surface area contributed by atoms with Crippen LogP contribution in [0.3, 0.4) is 0 Å². The van der Waals surface area contributed by atoms with Gasteiger partial charge in [-0.3, -0.25) is 4.79 Å². The van der Waals surface area contributed by atoms with Crippen LogP contribution in [-0.2, 0) is 11.8 Å². The third-order valence-electron chi connectivity index (χ3n) is 3.07. The lowest BCUT2D eigenvalue weighted by Gasteiger charge is -2.19. The zero-order valence-electron chi connectivity index (χ0n) is 14.3. The predicted molar refractivity (Wildman–Crippen MR) is 92.7 cm³/mol. The zero-order chi connectivity index (χ0) is 17.7. The lowest BCUT2D eigenvalue weighted by molar-refractivity contribution is 0.0529. The predicted octanol–water partition coefficient (Wildman–Crippen LogP) is 2.20. The van der Waals surface area contributed by atoms with Crippen molar-refractivity contribution < 1.29 is 9.53 Å². The van der Waals surface area contributed by atoms with Gasteiger partial charge in [0.1, 0.15) is 5.60 Å². The van der Waals surface area contributed by atoms with Crippen molar-refractivity contribution in [2.75, 3.05) is 6.54 Å². The molecule has 0 bridgehead atoms. The number of hydrogen-bond acceptors (Lipinski definition) is 4. The molecule has 0 aliphatic carbocycles. The number of ether oxygens (including phenoxy) is 1. The summed E-state index contributed by atoms with van der Waals surface area (Å²) in [4.78, 5) is 27.7. The van der Waals surface area contributed by atoms with Crippen LogP contribution in [0.2, 0.25) is 0 Å². The van der Waals surface area contributed by atoms with E-state index in [4.69, 9.17) is 4.74 Å². The third-order valence-corrected chi connectivity index (χ3v) is 3.07. The molecule has 1 aromatic heterocycles. The van der Waals surface area contributed by atoms with Crippen LogP contribution >= 0.6 is 0 Å². The van der Waals surface area contributed by atoms with Gasteiger partial charge in [-0.15, -0.1) is 0 Å². The fraction of sp³-hybridized carbons (Fsp3) is 0.389. The number of carbonyl (C=O) groups is 1. The van der Waals surface area contributed by atoms with Crippen molar-refractivity contribution in [1.29, 1.82) is 0 Å². The number of benzene rings is 1. The zero-order valence-corrected chi connectivity index (χ0v) is 14.3. The van der Waals surface area contributed by atoms with Crippen molar-refractivity contribution >= 4 is 17.0 Å². The molecule has 0 aliphatic heterocycles. The molecule has 1 aromatic carbocycles. The average molecular weight is 327 g/mol. The van der Waals surface area contributed by atoms with Crippen molar-refractivity contribution in [3.8, 4) is 11.8 Å². The van der Waals surface area contributed by atoms with Crippen LogP contribution in [0.5, 0.6) is 0 Å². The van der Waals surface area contributed by atoms with Gasteiger partial charge in [0.05, 0.1) is 17.2 Å². The number of nitrogens with one attached hydrogen (secondary N) is 1. The molecule has 0 spiro atoms. The molecule has 6 heteroatoms. The highest BCUT2D eigenvalue weighted by Crippen LogP contribution is 2.09. The number of fused-ring (bicyclic) bond motifs is 1. The maximum absolute atomic E-state index is 12.1. The topological polar surface area (TPSA) is 73.2 Å². The van der Waals surface area contributed by atoms with Gasteiger partial charge in [0, 0.05) is 25.6 Å². The molecule has 1 amide bonds. The highest BCUT2D eigenvalue weighted by atomic mass is 16.6. The van der Waals surface area contributed by atoms with E-state index in [2.05, 4.69) is 22.1 Å². The third kappa shape index (κ3) is 4.85. The minimum absolute atomic E-state index is 0.102. The van der Waals surface area contributed by atoms with Gasteiger partial charge >= 0.3 is 6.09 Å². The van der Waals surface area contributed by atoms with Crippen LogP contribution in [0.25, 0.3) is 10.9 Å². The Morgan fingerprint density at radius 1 is 1.38 bits per heavy atom. The Morgan fingerprint density at radius 2 is 2.12 bits per heavy atom. The van der Waals surface area contributed by atoms with Crippen molar-refractivity contribution in [2.24, 2.45) is 7.05 Å². The van der Waals surface area contributed by atoms with E-state index in [9.17, 15) is 9.59 Å². The van der Waals surface area contributed by atoms with E-state index in [1.165, 1.54) is 10.9 Å². The number of nitrogens with zero attached hydrogens (tertiary/aromatic N) is 2. The normalized spacial score (nSPS) is 10.8. The van der Waals surface area contributed by atoms with E-state index in [0.717, 1.165) is 5.56 Å². The molecule has 1 heterocycles. The van der Waals surface area contributed by atoms with Crippen molar-refractivity contribution in [3.63, 3.8) is 0 Å². The largest absolute Gasteiger partial charge is 0.444 e. The summed E-state index contributed by atoms with van der Waals surface area (Å²) in [6.45, 7) is 5.83. The summed E-state index contributed by atoms with van der Waals surface area (Å²) in [5.74, 6) is 5.96. The molecule has 0 atom stereocenters. The van der Waals surface area contributed by atoms with Gasteiger partial charge in [0.2, 0.25) is 0 Å². The second-order valence-electron chi connectivity index (χ2n) is 6.37. The second-order valence-corrected chi connectivity index (χ2v) is 6.37. The van der Waals surface area contributed by atoms with Crippen LogP contribution in [0, 0.1) is 11.8 Å². The van der Waals surface area contributed by atoms with Crippen molar-refractivity contribution in [2.45, 2.75) is 32.8 Å². The van der Waals surface area contributed by atoms with Crippen LogP contribution in [0.4, 0.5) is 4.79 Å². The fourth-order valence-electron chi connectivity index (χ4n) is 1.99. The summed E-state index contributed by atoms with van der Waals surface area (Å²) >= 11 is 0. The number of alkyl carbamates (subject to hydrolysis) is 1. The van der Waals surface area contributed by atoms with Crippen molar-refractivity contribution in [1.82, 2.24) is 14.9 Å². The summed E-state index contributed by atoms with van der Waals surface area (Å²) in [5, 5.41) is 3.19. The molecular formula is C18H21N3O3. The molecule has 2 rings (SSSR count). The quantitative estimate of drug-likeness (QED) is 0.678. The van der Waals surface area contributed by atoms with E-state index >= 15 is 0 Å². The summed E-state index contributed by atoms with van der Waals surface area (Å²) in [6.07, 6.45) is 1.53. The molecule has 126 valence electrons. The molecule has 2 aromatic rings. The second kappa shape index (κ2) is 7.18. The molecular weight excluding hydrogens is 306 g/mol. The standard InChI is InChI=1S/C18H21N3O3/c1-18(2,3)24-17(23)19-10-6-5-7-13-8-9-15-14(11-13)16(22)21(4)12-20-15/h8-9,11-12H,6,10H2,1-4H3,(H,19,23). The first kappa shape index (κ1) is 17.5. The Balaban J connectivity index is 1.97. The summed E-state index contributed by atoms with van der Waals surface area (Å²) in [7, 11) is 1.66. The Hall–Kier alpha value is -2.81. The smallest absolute Gasteiger partial charge is 0.407 e. The molecule has 6 nitrogen and oxygen atoms in total. The Kier molecular flexibility index (Phi) is 5.24. The van der Waals surface area contributed by atoms with Crippen molar-refractivity contribution in [3.05, 3.63) is 40.4 Å². The number of amides is 1. The highest BCUT2D eigenvalue weighted by molar-refractivity contribution is 5.79. The first-order valence-electron chi connectivity index (χ1n) is 7.67. The van der Waals surface area contributed by atoms with Crippen LogP contribution in [0.15, 0.2) is 29.3 Å². The lowest BCUT2D eigenvalue weighted by Crippen LogP contribution is -2.32. The molecule has 0 saturated carbocycles. The minimum atomic E-state index is -0.513. The van der Waals surface area contributed by atoms with Gasteiger partial charge in [-0.05, 0) is 39.0 Å². The molecule has 0 unspecified atom stereocenters. The average Bonchev–Trinajstić information content (AvgIpc) is 2.49. The number of hydrogen-bond donors (Lipinski definition) is 1. The van der Waals surface area contributed by atoms with E-state index in [-0.39, 0.29) is 5.56 Å². The van der Waals surface area contributed by atoms with Gasteiger partial charge in [-0.2, -0.15) is 0 Å². The summed E-state index contributed by atoms with van der Waals surface area (Å²) in [5.41, 5.74) is 0.775. The molecule has 0 radical (unpaired) electrons. The maximum Gasteiger partial charge on any atom is 0.407 e. The molecule has 0 fully saturated rings. The van der Waals surface area contributed by atoms with Gasteiger partial charge in [0.15, 0.2) is 0 Å². The van der Waals surface area contributed by atoms with Crippen LogP contribution in [0.1, 0.15) is 32.8 Å². The Labute approximate surface area is 140 Å². The van der Waals surface area contributed by atoms with Gasteiger partial charge in [-0.1, -0.05) is 11.8 Å². The SMILES string of the molecule is Cn1cnc2ccc(C#CCCNC(=O)OC(C)(C)C)cc2c1=O. The van der Waals surface area contributed by atoms with E-state index in [1.54, 1.807) is 19.2 Å². The number of aromatic nitrogens is 2. The van der Waals surface area contributed by atoms with E-state index in [0.29, 0.717) is 23.9 Å². The van der Waals surface area contributed by atoms with E-state index < -0.39 is 11.7 Å². The molecule has 0 saturated heterocycles. The van der Waals surface area contributed by atoms with E-state index in [1.807, 2.05) is 26.8 Å². The number of rotatable bonds is 2. The molecule has 0 aliphatic rings. The van der Waals surface area contributed by atoms with Crippen LogP contribution < -0.4 is 10.9 Å². The number of aryl methyl sites for hydroxylation is 1. The first-order chi connectivity index (χ1) is 11.3. The maximum atomic E-state index is 12.1. The Morgan fingerprint density at radius 3 is 2.83 bits per heavy atom. The lowest BCUT2D eigenvalue weighted by atomic mass is 10.1. The van der Waals surface area contributed by atoms with Gasteiger partial charge < -0.3 is 14.6 Å². The monoisotopic (exact) mass is 327 g/mol. The molecule has 1 N–H and O–H groups in total. The first-order valence-corrected chi connectivity index (χ1v) is 7.67. The van der Waals surface area contributed by atoms with Crippen LogP contribution in [-0.4, -0.2) is 27.8 Å². The van der Waals surface area contributed by atoms with Gasteiger partial charge in [-0.25, -0.2) is 9.78 Å². The summed E-state index contributed by atoms with van der Waals surface area (Å²) in [6, 6.07) is 5.34. The highest BCUT2D eigenvalue weighted by Gasteiger charge is 2.15. The fourth-order valence-corrected chi connectivity index (χ4v) is 1.99. The minimum Gasteiger partial charge on any atom is -0.444 e. The Bertz CT molecular complexity index is 867.